The minimum absolute atomic E-state index is 0.276. The van der Waals surface area contributed by atoms with Crippen molar-refractivity contribution in [1.29, 1.82) is 0 Å². The summed E-state index contributed by atoms with van der Waals surface area (Å²) in [7, 11) is 0. The zero-order valence-corrected chi connectivity index (χ0v) is 9.66. The highest BCUT2D eigenvalue weighted by atomic mass is 19.1. The van der Waals surface area contributed by atoms with E-state index in [1.54, 1.807) is 19.1 Å². The van der Waals surface area contributed by atoms with Crippen LogP contribution in [0.5, 0.6) is 0 Å². The lowest BCUT2D eigenvalue weighted by Crippen LogP contribution is -2.28. The molecule has 0 aromatic heterocycles. The van der Waals surface area contributed by atoms with Crippen LogP contribution >= 0.6 is 0 Å². The highest BCUT2D eigenvalue weighted by molar-refractivity contribution is 5.75. The lowest BCUT2D eigenvalue weighted by Gasteiger charge is -2.16. The number of carbonyl (C=O) groups is 2. The molecule has 0 saturated carbocycles. The van der Waals surface area contributed by atoms with E-state index in [1.807, 2.05) is 0 Å². The Balaban J connectivity index is 2.98. The van der Waals surface area contributed by atoms with Crippen molar-refractivity contribution in [3.8, 4) is 0 Å². The number of hydrogen-bond acceptors (Lipinski definition) is 2. The van der Waals surface area contributed by atoms with Gasteiger partial charge in [0.25, 0.3) is 0 Å². The molecule has 0 fully saturated rings. The van der Waals surface area contributed by atoms with Gasteiger partial charge in [-0.25, -0.2) is 4.39 Å². The van der Waals surface area contributed by atoms with Crippen molar-refractivity contribution in [3.05, 3.63) is 35.1 Å². The van der Waals surface area contributed by atoms with Crippen LogP contribution in [-0.2, 0) is 9.59 Å². The maximum Gasteiger partial charge on any atom is 0.305 e. The van der Waals surface area contributed by atoms with E-state index in [4.69, 9.17) is 5.11 Å². The van der Waals surface area contributed by atoms with E-state index in [0.717, 1.165) is 0 Å². The number of hydrogen-bond donors (Lipinski definition) is 2. The molecular formula is C12H14FNO3. The summed E-state index contributed by atoms with van der Waals surface area (Å²) in [4.78, 5) is 21.6. The molecule has 1 amide bonds. The average Bonchev–Trinajstić information content (AvgIpc) is 2.19. The Morgan fingerprint density at radius 2 is 2.12 bits per heavy atom. The number of amides is 1. The Morgan fingerprint density at radius 1 is 1.47 bits per heavy atom. The molecule has 5 heteroatoms. The number of nitrogens with one attached hydrogen (secondary N) is 1. The summed E-state index contributed by atoms with van der Waals surface area (Å²) in [6.45, 7) is 2.91. The lowest BCUT2D eigenvalue weighted by atomic mass is 10.0. The molecule has 0 aliphatic heterocycles. The van der Waals surface area contributed by atoms with E-state index in [9.17, 15) is 14.0 Å². The molecule has 0 aliphatic carbocycles. The molecule has 17 heavy (non-hydrogen) atoms. The van der Waals surface area contributed by atoms with Gasteiger partial charge in [0.15, 0.2) is 0 Å². The molecule has 1 rings (SSSR count). The number of aliphatic carboxylic acids is 1. The molecule has 0 radical (unpaired) electrons. The van der Waals surface area contributed by atoms with Crippen LogP contribution in [0.15, 0.2) is 18.2 Å². The number of rotatable bonds is 4. The first-order valence-corrected chi connectivity index (χ1v) is 5.15. The van der Waals surface area contributed by atoms with Gasteiger partial charge in [0.1, 0.15) is 5.82 Å². The van der Waals surface area contributed by atoms with Gasteiger partial charge in [0.05, 0.1) is 12.5 Å². The summed E-state index contributed by atoms with van der Waals surface area (Å²) in [6.07, 6.45) is -0.276. The first-order valence-electron chi connectivity index (χ1n) is 5.15. The average molecular weight is 239 g/mol. The number of carboxylic acids is 1. The number of aryl methyl sites for hydroxylation is 1. The fourth-order valence-corrected chi connectivity index (χ4v) is 1.50. The topological polar surface area (TPSA) is 66.4 Å². The third-order valence-electron chi connectivity index (χ3n) is 2.35. The first-order chi connectivity index (χ1) is 7.90. The SMILES string of the molecule is CC(=O)N[C@H](CC(=O)O)c1ccc(C)c(F)c1. The summed E-state index contributed by atoms with van der Waals surface area (Å²) >= 11 is 0. The Labute approximate surface area is 98.5 Å². The van der Waals surface area contributed by atoms with Gasteiger partial charge < -0.3 is 10.4 Å². The van der Waals surface area contributed by atoms with E-state index in [2.05, 4.69) is 5.32 Å². The molecule has 1 aromatic rings. The van der Waals surface area contributed by atoms with E-state index in [0.29, 0.717) is 11.1 Å². The van der Waals surface area contributed by atoms with Gasteiger partial charge >= 0.3 is 5.97 Å². The zero-order chi connectivity index (χ0) is 13.0. The Bertz CT molecular complexity index is 429. The third kappa shape index (κ3) is 3.86. The van der Waals surface area contributed by atoms with Crippen LogP contribution in [0.4, 0.5) is 4.39 Å². The van der Waals surface area contributed by atoms with Gasteiger partial charge in [-0.15, -0.1) is 0 Å². The van der Waals surface area contributed by atoms with E-state index >= 15 is 0 Å². The van der Waals surface area contributed by atoms with Gasteiger partial charge in [0, 0.05) is 6.92 Å². The second-order valence-corrected chi connectivity index (χ2v) is 3.86. The molecule has 0 heterocycles. The minimum atomic E-state index is -1.05. The van der Waals surface area contributed by atoms with Crippen molar-refractivity contribution in [2.45, 2.75) is 26.3 Å². The molecule has 2 N–H and O–H groups in total. The molecule has 0 bridgehead atoms. The Kier molecular flexibility index (Phi) is 4.20. The predicted molar refractivity (Wildman–Crippen MR) is 59.9 cm³/mol. The fraction of sp³-hybridized carbons (Fsp3) is 0.333. The highest BCUT2D eigenvalue weighted by Crippen LogP contribution is 2.19. The number of carbonyl (C=O) groups excluding carboxylic acids is 1. The van der Waals surface area contributed by atoms with Crippen LogP contribution < -0.4 is 5.32 Å². The zero-order valence-electron chi connectivity index (χ0n) is 9.66. The van der Waals surface area contributed by atoms with Crippen LogP contribution in [0.1, 0.15) is 30.5 Å². The van der Waals surface area contributed by atoms with Crippen molar-refractivity contribution >= 4 is 11.9 Å². The highest BCUT2D eigenvalue weighted by Gasteiger charge is 2.17. The maximum absolute atomic E-state index is 13.4. The fourth-order valence-electron chi connectivity index (χ4n) is 1.50. The summed E-state index contributed by atoms with van der Waals surface area (Å²) in [5, 5.41) is 11.2. The Hall–Kier alpha value is -1.91. The standard InChI is InChI=1S/C12H14FNO3/c1-7-3-4-9(5-10(7)13)11(6-12(16)17)14-8(2)15/h3-5,11H,6H2,1-2H3,(H,14,15)(H,16,17)/t11-/m1/s1. The largest absolute Gasteiger partial charge is 0.481 e. The molecule has 92 valence electrons. The smallest absolute Gasteiger partial charge is 0.305 e. The normalized spacial score (nSPS) is 11.9. The van der Waals surface area contributed by atoms with Crippen molar-refractivity contribution < 1.29 is 19.1 Å². The second kappa shape index (κ2) is 5.43. The number of benzene rings is 1. The summed E-state index contributed by atoms with van der Waals surface area (Å²) in [6, 6.07) is 3.71. The van der Waals surface area contributed by atoms with Gasteiger partial charge in [-0.2, -0.15) is 0 Å². The van der Waals surface area contributed by atoms with Crippen LogP contribution in [0, 0.1) is 12.7 Å². The molecule has 1 atom stereocenters. The quantitative estimate of drug-likeness (QED) is 0.841. The van der Waals surface area contributed by atoms with Crippen LogP contribution in [0.2, 0.25) is 0 Å². The monoisotopic (exact) mass is 239 g/mol. The third-order valence-corrected chi connectivity index (χ3v) is 2.35. The lowest BCUT2D eigenvalue weighted by molar-refractivity contribution is -0.137. The first kappa shape index (κ1) is 13.2. The van der Waals surface area contributed by atoms with Crippen LogP contribution in [0.3, 0.4) is 0 Å². The summed E-state index contributed by atoms with van der Waals surface area (Å²) < 4.78 is 13.4. The van der Waals surface area contributed by atoms with E-state index in [1.165, 1.54) is 13.0 Å². The number of carboxylic acid groups (broad SMARTS) is 1. The second-order valence-electron chi connectivity index (χ2n) is 3.86. The minimum Gasteiger partial charge on any atom is -0.481 e. The van der Waals surface area contributed by atoms with Crippen molar-refractivity contribution in [2.24, 2.45) is 0 Å². The van der Waals surface area contributed by atoms with Crippen LogP contribution in [0.25, 0.3) is 0 Å². The van der Waals surface area contributed by atoms with Crippen molar-refractivity contribution in [1.82, 2.24) is 5.32 Å². The molecule has 0 unspecified atom stereocenters. The summed E-state index contributed by atoms with van der Waals surface area (Å²) in [5.74, 6) is -1.81. The number of halogens is 1. The van der Waals surface area contributed by atoms with Crippen LogP contribution in [-0.4, -0.2) is 17.0 Å². The predicted octanol–water partition coefficient (Wildman–Crippen LogP) is 1.79. The van der Waals surface area contributed by atoms with Crippen molar-refractivity contribution in [2.75, 3.05) is 0 Å². The molecule has 0 spiro atoms. The van der Waals surface area contributed by atoms with E-state index < -0.39 is 17.8 Å². The molecule has 1 aromatic carbocycles. The summed E-state index contributed by atoms with van der Waals surface area (Å²) in [5.41, 5.74) is 0.927. The van der Waals surface area contributed by atoms with Crippen molar-refractivity contribution in [3.63, 3.8) is 0 Å². The van der Waals surface area contributed by atoms with E-state index in [-0.39, 0.29) is 12.3 Å². The van der Waals surface area contributed by atoms with Gasteiger partial charge in [-0.3, -0.25) is 9.59 Å². The molecule has 0 aliphatic rings. The van der Waals surface area contributed by atoms with Gasteiger partial charge in [0.2, 0.25) is 5.91 Å². The van der Waals surface area contributed by atoms with Gasteiger partial charge in [-0.05, 0) is 24.1 Å². The molecule has 4 nitrogen and oxygen atoms in total. The Morgan fingerprint density at radius 3 is 2.59 bits per heavy atom. The van der Waals surface area contributed by atoms with Gasteiger partial charge in [-0.1, -0.05) is 12.1 Å². The maximum atomic E-state index is 13.4. The molecular weight excluding hydrogens is 225 g/mol. The molecule has 0 saturated heterocycles.